The van der Waals surface area contributed by atoms with E-state index >= 15 is 0 Å². The van der Waals surface area contributed by atoms with E-state index in [1.807, 2.05) is 31.2 Å². The van der Waals surface area contributed by atoms with Crippen LogP contribution in [-0.2, 0) is 14.6 Å². The topological polar surface area (TPSA) is 63.7 Å². The first kappa shape index (κ1) is 19.0. The Morgan fingerprint density at radius 2 is 1.64 bits per heavy atom. The molecule has 2 aromatic rings. The summed E-state index contributed by atoms with van der Waals surface area (Å²) in [5.74, 6) is 0.617. The van der Waals surface area contributed by atoms with E-state index in [1.54, 1.807) is 24.1 Å². The van der Waals surface area contributed by atoms with Crippen LogP contribution >= 0.6 is 0 Å². The van der Waals surface area contributed by atoms with Crippen LogP contribution in [0.15, 0.2) is 53.4 Å². The number of benzene rings is 2. The predicted octanol–water partition coefficient (Wildman–Crippen LogP) is 3.22. The molecule has 0 radical (unpaired) electrons. The van der Waals surface area contributed by atoms with Crippen LogP contribution in [0, 0.1) is 6.92 Å². The Hall–Kier alpha value is -2.34. The lowest BCUT2D eigenvalue weighted by atomic mass is 10.2. The van der Waals surface area contributed by atoms with Gasteiger partial charge >= 0.3 is 0 Å². The maximum Gasteiger partial charge on any atom is 0.226 e. The molecule has 0 saturated heterocycles. The van der Waals surface area contributed by atoms with Crippen LogP contribution in [0.4, 0.5) is 5.69 Å². The van der Waals surface area contributed by atoms with Gasteiger partial charge in [-0.05, 0) is 49.7 Å². The Morgan fingerprint density at radius 1 is 1.04 bits per heavy atom. The number of nitrogens with zero attached hydrogens (tertiary/aromatic N) is 1. The minimum absolute atomic E-state index is 0.0277. The largest absolute Gasteiger partial charge is 0.494 e. The van der Waals surface area contributed by atoms with Gasteiger partial charge in [0.1, 0.15) is 5.75 Å². The number of carbonyl (C=O) groups is 1. The number of ether oxygens (including phenoxy) is 1. The number of rotatable bonds is 7. The van der Waals surface area contributed by atoms with Gasteiger partial charge in [-0.15, -0.1) is 0 Å². The SMILES string of the molecule is Cc1ccc(N(C)C(=O)CCCOc2ccc(S(C)(=O)=O)cc2)cc1. The van der Waals surface area contributed by atoms with Gasteiger partial charge in [-0.3, -0.25) is 4.79 Å². The summed E-state index contributed by atoms with van der Waals surface area (Å²) in [6.07, 6.45) is 2.13. The summed E-state index contributed by atoms with van der Waals surface area (Å²) in [5, 5.41) is 0. The lowest BCUT2D eigenvalue weighted by Crippen LogP contribution is -2.26. The molecule has 0 aliphatic rings. The fourth-order valence-corrected chi connectivity index (χ4v) is 2.91. The van der Waals surface area contributed by atoms with Crippen molar-refractivity contribution in [3.05, 3.63) is 54.1 Å². The minimum atomic E-state index is -3.20. The molecule has 0 fully saturated rings. The van der Waals surface area contributed by atoms with E-state index in [1.165, 1.54) is 18.4 Å². The van der Waals surface area contributed by atoms with Gasteiger partial charge in [0.15, 0.2) is 9.84 Å². The summed E-state index contributed by atoms with van der Waals surface area (Å²) < 4.78 is 28.4. The van der Waals surface area contributed by atoms with Crippen molar-refractivity contribution in [3.8, 4) is 5.75 Å². The van der Waals surface area contributed by atoms with E-state index in [0.717, 1.165) is 11.3 Å². The first-order valence-electron chi connectivity index (χ1n) is 8.03. The highest BCUT2D eigenvalue weighted by atomic mass is 32.2. The van der Waals surface area contributed by atoms with Gasteiger partial charge in [-0.1, -0.05) is 17.7 Å². The van der Waals surface area contributed by atoms with Crippen molar-refractivity contribution in [2.45, 2.75) is 24.7 Å². The molecular formula is C19H23NO4S. The van der Waals surface area contributed by atoms with E-state index in [9.17, 15) is 13.2 Å². The molecule has 0 bridgehead atoms. The van der Waals surface area contributed by atoms with Crippen molar-refractivity contribution in [1.82, 2.24) is 0 Å². The molecule has 2 aromatic carbocycles. The molecule has 6 heteroatoms. The van der Waals surface area contributed by atoms with Gasteiger partial charge in [-0.25, -0.2) is 8.42 Å². The third-order valence-electron chi connectivity index (χ3n) is 3.85. The molecule has 0 atom stereocenters. The molecule has 0 unspecified atom stereocenters. The third-order valence-corrected chi connectivity index (χ3v) is 4.98. The van der Waals surface area contributed by atoms with Gasteiger partial charge in [0.25, 0.3) is 0 Å². The van der Waals surface area contributed by atoms with Crippen LogP contribution in [0.5, 0.6) is 5.75 Å². The quantitative estimate of drug-likeness (QED) is 0.710. The summed E-state index contributed by atoms with van der Waals surface area (Å²) in [5.41, 5.74) is 2.02. The van der Waals surface area contributed by atoms with Crippen molar-refractivity contribution >= 4 is 21.4 Å². The highest BCUT2D eigenvalue weighted by Crippen LogP contribution is 2.17. The van der Waals surface area contributed by atoms with Crippen molar-refractivity contribution in [2.75, 3.05) is 24.8 Å². The molecule has 0 aliphatic carbocycles. The van der Waals surface area contributed by atoms with Crippen LogP contribution in [0.25, 0.3) is 0 Å². The first-order valence-corrected chi connectivity index (χ1v) is 9.92. The zero-order valence-corrected chi connectivity index (χ0v) is 15.5. The summed E-state index contributed by atoms with van der Waals surface area (Å²) in [6, 6.07) is 14.1. The first-order chi connectivity index (χ1) is 11.8. The number of amides is 1. The number of hydrogen-bond acceptors (Lipinski definition) is 4. The fourth-order valence-electron chi connectivity index (χ4n) is 2.28. The van der Waals surface area contributed by atoms with Crippen molar-refractivity contribution < 1.29 is 17.9 Å². The molecule has 0 spiro atoms. The average Bonchev–Trinajstić information content (AvgIpc) is 2.58. The maximum absolute atomic E-state index is 12.2. The third kappa shape index (κ3) is 5.60. The van der Waals surface area contributed by atoms with Gasteiger partial charge in [-0.2, -0.15) is 0 Å². The van der Waals surface area contributed by atoms with Crippen molar-refractivity contribution in [1.29, 1.82) is 0 Å². The number of aryl methyl sites for hydroxylation is 1. The van der Waals surface area contributed by atoms with Gasteiger partial charge in [0.05, 0.1) is 11.5 Å². The second-order valence-electron chi connectivity index (χ2n) is 5.98. The smallest absolute Gasteiger partial charge is 0.226 e. The maximum atomic E-state index is 12.2. The molecular weight excluding hydrogens is 338 g/mol. The zero-order valence-electron chi connectivity index (χ0n) is 14.7. The molecule has 2 rings (SSSR count). The second kappa shape index (κ2) is 8.16. The van der Waals surface area contributed by atoms with E-state index in [0.29, 0.717) is 25.2 Å². The van der Waals surface area contributed by atoms with Crippen LogP contribution in [0.1, 0.15) is 18.4 Å². The Balaban J connectivity index is 1.78. The Kier molecular flexibility index (Phi) is 6.20. The summed E-state index contributed by atoms with van der Waals surface area (Å²) >= 11 is 0. The zero-order chi connectivity index (χ0) is 18.4. The van der Waals surface area contributed by atoms with E-state index < -0.39 is 9.84 Å². The van der Waals surface area contributed by atoms with E-state index in [-0.39, 0.29) is 10.8 Å². The second-order valence-corrected chi connectivity index (χ2v) is 8.00. The molecule has 134 valence electrons. The molecule has 0 saturated carbocycles. The van der Waals surface area contributed by atoms with Crippen LogP contribution in [-0.4, -0.2) is 34.2 Å². The summed E-state index contributed by atoms with van der Waals surface area (Å²) in [7, 11) is -1.44. The van der Waals surface area contributed by atoms with Crippen LogP contribution in [0.2, 0.25) is 0 Å². The molecule has 5 nitrogen and oxygen atoms in total. The van der Waals surface area contributed by atoms with Crippen LogP contribution < -0.4 is 9.64 Å². The number of sulfone groups is 1. The monoisotopic (exact) mass is 361 g/mol. The molecule has 0 heterocycles. The van der Waals surface area contributed by atoms with Gasteiger partial charge in [0.2, 0.25) is 5.91 Å². The van der Waals surface area contributed by atoms with Gasteiger partial charge in [0, 0.05) is 25.4 Å². The predicted molar refractivity (Wildman–Crippen MR) is 98.9 cm³/mol. The number of hydrogen-bond donors (Lipinski definition) is 0. The van der Waals surface area contributed by atoms with E-state index in [4.69, 9.17) is 4.74 Å². The number of carbonyl (C=O) groups excluding carboxylic acids is 1. The number of anilines is 1. The van der Waals surface area contributed by atoms with Crippen molar-refractivity contribution in [2.24, 2.45) is 0 Å². The standard InChI is InChI=1S/C19H23NO4S/c1-15-6-8-16(9-7-15)20(2)19(21)5-4-14-24-17-10-12-18(13-11-17)25(3,22)23/h6-13H,4-5,14H2,1-3H3. The minimum Gasteiger partial charge on any atom is -0.494 e. The lowest BCUT2D eigenvalue weighted by molar-refractivity contribution is -0.118. The van der Waals surface area contributed by atoms with E-state index in [2.05, 4.69) is 0 Å². The molecule has 1 amide bonds. The highest BCUT2D eigenvalue weighted by Gasteiger charge is 2.11. The molecule has 25 heavy (non-hydrogen) atoms. The molecule has 0 aliphatic heterocycles. The average molecular weight is 361 g/mol. The van der Waals surface area contributed by atoms with Crippen LogP contribution in [0.3, 0.4) is 0 Å². The Labute approximate surface area is 149 Å². The lowest BCUT2D eigenvalue weighted by Gasteiger charge is -2.17. The highest BCUT2D eigenvalue weighted by molar-refractivity contribution is 7.90. The Bertz CT molecular complexity index is 812. The summed E-state index contributed by atoms with van der Waals surface area (Å²) in [6.45, 7) is 2.40. The van der Waals surface area contributed by atoms with Crippen molar-refractivity contribution in [3.63, 3.8) is 0 Å². The molecule has 0 N–H and O–H groups in total. The van der Waals surface area contributed by atoms with Gasteiger partial charge < -0.3 is 9.64 Å². The normalized spacial score (nSPS) is 11.2. The Morgan fingerprint density at radius 3 is 2.20 bits per heavy atom. The molecule has 0 aromatic heterocycles. The fraction of sp³-hybridized carbons (Fsp3) is 0.316. The summed E-state index contributed by atoms with van der Waals surface area (Å²) in [4.78, 5) is 14.1.